The van der Waals surface area contributed by atoms with Gasteiger partial charge in [0.15, 0.2) is 0 Å². The predicted octanol–water partition coefficient (Wildman–Crippen LogP) is 10.6. The number of rotatable bonds is 4. The second-order valence-corrected chi connectivity index (χ2v) is 15.9. The lowest BCUT2D eigenvalue weighted by Gasteiger charge is -2.51. The molecule has 4 aliphatic rings. The van der Waals surface area contributed by atoms with Crippen molar-refractivity contribution >= 4 is 68.6 Å². The fourth-order valence-electron chi connectivity index (χ4n) is 10.6. The number of nitrogens with zero attached hydrogens (tertiary/aromatic N) is 4. The van der Waals surface area contributed by atoms with Gasteiger partial charge in [-0.25, -0.2) is 0 Å². The lowest BCUT2D eigenvalue weighted by Crippen LogP contribution is -2.61. The first kappa shape index (κ1) is 31.5. The SMILES string of the molecule is CC12CCCCC1(C)N(c1cc3c4c(c1)N(c1ccccc1)c1ccccc1B4c1ccccc1N3c1ccccc1)c1ccc(-c3cccnc3)cc12. The van der Waals surface area contributed by atoms with E-state index < -0.39 is 0 Å². The van der Waals surface area contributed by atoms with Gasteiger partial charge in [-0.2, -0.15) is 0 Å². The van der Waals surface area contributed by atoms with Crippen LogP contribution >= 0.6 is 0 Å². The van der Waals surface area contributed by atoms with Gasteiger partial charge in [0.25, 0.3) is 6.71 Å². The van der Waals surface area contributed by atoms with Gasteiger partial charge in [-0.3, -0.25) is 4.98 Å². The molecule has 0 radical (unpaired) electrons. The van der Waals surface area contributed by atoms with Crippen LogP contribution in [0.1, 0.15) is 45.1 Å². The maximum absolute atomic E-state index is 4.48. The van der Waals surface area contributed by atoms with Crippen molar-refractivity contribution in [3.05, 3.63) is 170 Å². The summed E-state index contributed by atoms with van der Waals surface area (Å²) in [6.07, 6.45) is 8.61. The Labute approximate surface area is 318 Å². The Balaban J connectivity index is 1.22. The Kier molecular flexibility index (Phi) is 6.83. The first-order valence-electron chi connectivity index (χ1n) is 19.5. The standard InChI is InChI=1S/C49H41BN4/c1-48-27-13-14-28-49(48,2)54(42-26-25-34(30-39(42)48)35-16-15-29-51-33-35)38-31-45-47-46(32-38)53(37-19-7-4-8-20-37)44-24-12-10-22-41(44)50(47)40-21-9-11-23-43(40)52(45)36-17-5-3-6-18-36/h3-12,15-26,29-33H,13-14,27-28H2,1-2H3. The molecule has 7 aromatic rings. The van der Waals surface area contributed by atoms with E-state index in [1.165, 1.54) is 91.4 Å². The zero-order valence-corrected chi connectivity index (χ0v) is 30.8. The molecule has 0 N–H and O–H groups in total. The van der Waals surface area contributed by atoms with Crippen LogP contribution < -0.4 is 31.1 Å². The molecule has 2 unspecified atom stereocenters. The topological polar surface area (TPSA) is 22.6 Å². The van der Waals surface area contributed by atoms with E-state index in [1.54, 1.807) is 0 Å². The quantitative estimate of drug-likeness (QED) is 0.171. The van der Waals surface area contributed by atoms with Crippen LogP contribution in [0.5, 0.6) is 0 Å². The molecule has 11 rings (SSSR count). The van der Waals surface area contributed by atoms with E-state index in [9.17, 15) is 0 Å². The Hall–Kier alpha value is -6.07. The number of fused-ring (bicyclic) bond motifs is 7. The van der Waals surface area contributed by atoms with Crippen LogP contribution in [0.2, 0.25) is 0 Å². The van der Waals surface area contributed by atoms with Crippen molar-refractivity contribution in [3.63, 3.8) is 0 Å². The van der Waals surface area contributed by atoms with Gasteiger partial charge in [-0.15, -0.1) is 0 Å². The van der Waals surface area contributed by atoms with E-state index in [4.69, 9.17) is 0 Å². The molecule has 260 valence electrons. The zero-order chi connectivity index (χ0) is 36.0. The molecule has 6 aromatic carbocycles. The largest absolute Gasteiger partial charge is 0.334 e. The highest BCUT2D eigenvalue weighted by Crippen LogP contribution is 2.62. The Bertz CT molecular complexity index is 2460. The Morgan fingerprint density at radius 2 is 1.11 bits per heavy atom. The first-order chi connectivity index (χ1) is 26.5. The molecule has 1 aromatic heterocycles. The summed E-state index contributed by atoms with van der Waals surface area (Å²) in [7, 11) is 0. The number of hydrogen-bond donors (Lipinski definition) is 0. The minimum absolute atomic E-state index is 0.0219. The first-order valence-corrected chi connectivity index (χ1v) is 19.5. The van der Waals surface area contributed by atoms with Crippen molar-refractivity contribution in [2.45, 2.75) is 50.5 Å². The third kappa shape index (κ3) is 4.30. The van der Waals surface area contributed by atoms with Crippen molar-refractivity contribution in [3.8, 4) is 11.1 Å². The molecule has 0 spiro atoms. The van der Waals surface area contributed by atoms with E-state index in [-0.39, 0.29) is 17.7 Å². The normalized spacial score (nSPS) is 20.5. The van der Waals surface area contributed by atoms with E-state index in [0.717, 1.165) is 12.8 Å². The van der Waals surface area contributed by atoms with Gasteiger partial charge in [0.2, 0.25) is 0 Å². The summed E-state index contributed by atoms with van der Waals surface area (Å²) in [6.45, 7) is 5.17. The van der Waals surface area contributed by atoms with Gasteiger partial charge in [0, 0.05) is 63.3 Å². The van der Waals surface area contributed by atoms with Gasteiger partial charge in [-0.05, 0) is 120 Å². The maximum atomic E-state index is 4.48. The molecular formula is C49H41BN4. The van der Waals surface area contributed by atoms with Crippen LogP contribution in [0, 0.1) is 0 Å². The van der Waals surface area contributed by atoms with Crippen molar-refractivity contribution in [1.82, 2.24) is 4.98 Å². The van der Waals surface area contributed by atoms with Crippen molar-refractivity contribution in [1.29, 1.82) is 0 Å². The summed E-state index contributed by atoms with van der Waals surface area (Å²) in [5, 5.41) is 0. The molecule has 0 bridgehead atoms. The molecule has 5 heteroatoms. The molecule has 54 heavy (non-hydrogen) atoms. The molecule has 1 fully saturated rings. The smallest absolute Gasteiger partial charge is 0.252 e. The monoisotopic (exact) mass is 696 g/mol. The molecule has 0 saturated heterocycles. The highest BCUT2D eigenvalue weighted by molar-refractivity contribution is 7.00. The molecule has 3 aliphatic heterocycles. The number of aromatic nitrogens is 1. The van der Waals surface area contributed by atoms with E-state index in [2.05, 4.69) is 179 Å². The molecule has 1 saturated carbocycles. The van der Waals surface area contributed by atoms with Crippen molar-refractivity contribution in [2.75, 3.05) is 14.7 Å². The average Bonchev–Trinajstić information content (AvgIpc) is 3.44. The van der Waals surface area contributed by atoms with Crippen LogP contribution in [0.15, 0.2) is 164 Å². The second-order valence-electron chi connectivity index (χ2n) is 15.9. The molecule has 1 aliphatic carbocycles. The molecule has 4 heterocycles. The molecule has 2 atom stereocenters. The minimum atomic E-state index is -0.115. The summed E-state index contributed by atoms with van der Waals surface area (Å²) in [4.78, 5) is 12.3. The van der Waals surface area contributed by atoms with E-state index in [1.807, 2.05) is 18.5 Å². The molecule has 4 nitrogen and oxygen atoms in total. The highest BCUT2D eigenvalue weighted by atomic mass is 15.3. The van der Waals surface area contributed by atoms with Gasteiger partial charge < -0.3 is 14.7 Å². The van der Waals surface area contributed by atoms with Crippen LogP contribution in [-0.4, -0.2) is 17.2 Å². The van der Waals surface area contributed by atoms with Crippen LogP contribution in [0.25, 0.3) is 11.1 Å². The van der Waals surface area contributed by atoms with Gasteiger partial charge in [-0.1, -0.05) is 105 Å². The zero-order valence-electron chi connectivity index (χ0n) is 30.8. The highest BCUT2D eigenvalue weighted by Gasteiger charge is 2.58. The summed E-state index contributed by atoms with van der Waals surface area (Å²) in [6, 6.07) is 56.5. The average molecular weight is 697 g/mol. The molecule has 0 amide bonds. The summed E-state index contributed by atoms with van der Waals surface area (Å²) in [5.74, 6) is 0. The summed E-state index contributed by atoms with van der Waals surface area (Å²) >= 11 is 0. The number of pyridine rings is 1. The van der Waals surface area contributed by atoms with Gasteiger partial charge >= 0.3 is 0 Å². The summed E-state index contributed by atoms with van der Waals surface area (Å²) in [5.41, 5.74) is 17.6. The lowest BCUT2D eigenvalue weighted by molar-refractivity contribution is 0.195. The van der Waals surface area contributed by atoms with Crippen LogP contribution in [-0.2, 0) is 5.41 Å². The van der Waals surface area contributed by atoms with Crippen LogP contribution in [0.4, 0.5) is 45.5 Å². The van der Waals surface area contributed by atoms with Crippen LogP contribution in [0.3, 0.4) is 0 Å². The van der Waals surface area contributed by atoms with Gasteiger partial charge in [0.05, 0.1) is 5.54 Å². The minimum Gasteiger partial charge on any atom is -0.334 e. The third-order valence-corrected chi connectivity index (χ3v) is 13.3. The number of hydrogen-bond acceptors (Lipinski definition) is 4. The lowest BCUT2D eigenvalue weighted by atomic mass is 9.33. The maximum Gasteiger partial charge on any atom is 0.252 e. The van der Waals surface area contributed by atoms with Gasteiger partial charge in [0.1, 0.15) is 0 Å². The molecular weight excluding hydrogens is 655 g/mol. The number of anilines is 8. The second kappa shape index (κ2) is 11.7. The fourth-order valence-corrected chi connectivity index (χ4v) is 10.6. The number of para-hydroxylation sites is 4. The van der Waals surface area contributed by atoms with Crippen molar-refractivity contribution < 1.29 is 0 Å². The summed E-state index contributed by atoms with van der Waals surface area (Å²) < 4.78 is 0. The van der Waals surface area contributed by atoms with E-state index >= 15 is 0 Å². The fraction of sp³-hybridized carbons (Fsp3) is 0.163. The Morgan fingerprint density at radius 3 is 1.72 bits per heavy atom. The number of benzene rings is 6. The van der Waals surface area contributed by atoms with Crippen molar-refractivity contribution in [2.24, 2.45) is 0 Å². The third-order valence-electron chi connectivity index (χ3n) is 13.3. The Morgan fingerprint density at radius 1 is 0.519 bits per heavy atom. The predicted molar refractivity (Wildman–Crippen MR) is 227 cm³/mol. The van der Waals surface area contributed by atoms with E-state index in [0.29, 0.717) is 0 Å².